The molecule has 0 unspecified atom stereocenters. The van der Waals surface area contributed by atoms with Crippen molar-refractivity contribution in [1.82, 2.24) is 55.2 Å². The number of hydrogen-bond donors (Lipinski definition) is 5. The number of carbonyl (C=O) groups is 6. The Balaban J connectivity index is 1.29. The zero-order chi connectivity index (χ0) is 51.8. The predicted octanol–water partition coefficient (Wildman–Crippen LogP) is 3.84. The van der Waals surface area contributed by atoms with Crippen molar-refractivity contribution in [2.75, 3.05) is 7.11 Å². The van der Waals surface area contributed by atoms with Crippen LogP contribution in [0.3, 0.4) is 0 Å². The lowest BCUT2D eigenvalue weighted by Gasteiger charge is -2.28. The largest absolute Gasteiger partial charge is 0.467 e. The highest BCUT2D eigenvalue weighted by Gasteiger charge is 2.35. The van der Waals surface area contributed by atoms with Crippen LogP contribution in [0.2, 0.25) is 0 Å². The van der Waals surface area contributed by atoms with E-state index in [9.17, 15) is 28.8 Å². The number of ether oxygens (including phenoxy) is 2. The molecule has 0 radical (unpaired) electrons. The molecule has 5 atom stereocenters. The van der Waals surface area contributed by atoms with E-state index in [1.807, 2.05) is 100 Å². The summed E-state index contributed by atoms with van der Waals surface area (Å²) in [4.78, 5) is 97.5. The fourth-order valence-electron chi connectivity index (χ4n) is 7.85. The van der Waals surface area contributed by atoms with Gasteiger partial charge < -0.3 is 49.8 Å². The van der Waals surface area contributed by atoms with E-state index in [0.29, 0.717) is 30.2 Å². The van der Waals surface area contributed by atoms with Crippen molar-refractivity contribution < 1.29 is 38.2 Å². The summed E-state index contributed by atoms with van der Waals surface area (Å²) in [5, 5.41) is 14.0. The maximum atomic E-state index is 14.9. The van der Waals surface area contributed by atoms with Gasteiger partial charge >= 0.3 is 12.1 Å². The highest BCUT2D eigenvalue weighted by molar-refractivity contribution is 5.96. The van der Waals surface area contributed by atoms with E-state index in [4.69, 9.17) is 9.47 Å². The molecule has 0 fully saturated rings. The van der Waals surface area contributed by atoms with Gasteiger partial charge in [0.1, 0.15) is 35.8 Å². The Morgan fingerprint density at radius 3 is 1.49 bits per heavy atom. The van der Waals surface area contributed by atoms with Gasteiger partial charge in [-0.3, -0.25) is 19.2 Å². The number of benzene rings is 3. The molecule has 5 N–H and O–H groups in total. The lowest BCUT2D eigenvalue weighted by Crippen LogP contribution is -2.60. The summed E-state index contributed by atoms with van der Waals surface area (Å²) < 4.78 is 16.0. The Hall–Kier alpha value is -8.09. The van der Waals surface area contributed by atoms with Crippen LogP contribution < -0.4 is 26.6 Å². The zero-order valence-corrected chi connectivity index (χ0v) is 41.8. The number of alkyl carbamates (subject to hydrolysis) is 1. The Morgan fingerprint density at radius 1 is 0.569 bits per heavy atom. The summed E-state index contributed by atoms with van der Waals surface area (Å²) >= 11 is 0. The van der Waals surface area contributed by atoms with E-state index in [1.54, 1.807) is 83.8 Å². The van der Waals surface area contributed by atoms with E-state index in [2.05, 4.69) is 41.5 Å². The van der Waals surface area contributed by atoms with Crippen molar-refractivity contribution in [1.29, 1.82) is 0 Å². The molecule has 0 saturated carbocycles. The summed E-state index contributed by atoms with van der Waals surface area (Å²) in [7, 11) is 2.98. The first-order chi connectivity index (χ1) is 34.4. The fraction of sp³-hybridized carbons (Fsp3) is 0.377. The van der Waals surface area contributed by atoms with Gasteiger partial charge in [-0.25, -0.2) is 24.5 Å². The van der Waals surface area contributed by atoms with Crippen molar-refractivity contribution in [3.63, 3.8) is 0 Å². The average molecular weight is 984 g/mol. The maximum Gasteiger partial charge on any atom is 0.408 e. The molecule has 19 nitrogen and oxygen atoms in total. The first-order valence-corrected chi connectivity index (χ1v) is 23.8. The number of aryl methyl sites for hydroxylation is 1. The van der Waals surface area contributed by atoms with E-state index >= 15 is 0 Å². The van der Waals surface area contributed by atoms with Crippen LogP contribution in [-0.2, 0) is 79.3 Å². The fourth-order valence-corrected chi connectivity index (χ4v) is 7.85. The minimum absolute atomic E-state index is 0.0147. The van der Waals surface area contributed by atoms with Crippen LogP contribution in [0.5, 0.6) is 0 Å². The van der Waals surface area contributed by atoms with Crippen molar-refractivity contribution in [3.05, 3.63) is 162 Å². The molecule has 380 valence electrons. The molecule has 5 amide bonds. The van der Waals surface area contributed by atoms with Gasteiger partial charge in [0.25, 0.3) is 0 Å². The Kier molecular flexibility index (Phi) is 18.6. The van der Waals surface area contributed by atoms with Gasteiger partial charge in [-0.15, -0.1) is 0 Å². The number of methoxy groups -OCH3 is 1. The van der Waals surface area contributed by atoms with Crippen molar-refractivity contribution >= 4 is 35.7 Å². The standard InChI is InChI=1S/C53H65N11O8/c1-35(2)46(61-49(67)44(26-41-27-54-32-62(41)6)60-52(70)72-53(3,4)5)50(68)58-43(25-40-31-64(34-56-40)29-38-21-15-10-16-22-38)47(65)57-42(24-39-30-63(33-55-39)28-37-19-13-9-14-20-37)48(66)59-45(51(69)71-7)23-36-17-11-8-12-18-36/h8-22,27,30-35,42-46H,23-26,28-29H2,1-7H3,(H,57,65)(H,58,68)(H,59,66)(H,60,70)(H,61,67)/t42-,43-,44-,45-,46+/m0/s1. The average Bonchev–Trinajstić information content (AvgIpc) is 4.10. The van der Waals surface area contributed by atoms with Gasteiger partial charge in [0.05, 0.1) is 37.5 Å². The first-order valence-electron chi connectivity index (χ1n) is 23.8. The topological polar surface area (TPSA) is 234 Å². The smallest absolute Gasteiger partial charge is 0.408 e. The molecular formula is C53H65N11O8. The van der Waals surface area contributed by atoms with Crippen LogP contribution >= 0.6 is 0 Å². The molecule has 0 saturated heterocycles. The summed E-state index contributed by atoms with van der Waals surface area (Å²) in [6.45, 7) is 9.53. The second kappa shape index (κ2) is 25.2. The molecule has 0 spiro atoms. The quantitative estimate of drug-likeness (QED) is 0.0579. The third-order valence-electron chi connectivity index (χ3n) is 11.6. The lowest BCUT2D eigenvalue weighted by atomic mass is 10.0. The SMILES string of the molecule is COC(=O)[C@H](Cc1ccccc1)NC(=O)[C@H](Cc1cn(Cc2ccccc2)cn1)NC(=O)[C@H](Cc1cn(Cc2ccccc2)cn1)NC(=O)[C@H](NC(=O)[C@H](Cc1cncn1C)NC(=O)OC(C)(C)C)C(C)C. The zero-order valence-electron chi connectivity index (χ0n) is 41.8. The molecule has 3 aromatic carbocycles. The Bertz CT molecular complexity index is 2730. The number of nitrogens with zero attached hydrogens (tertiary/aromatic N) is 6. The number of rotatable bonds is 23. The number of imidazole rings is 3. The van der Waals surface area contributed by atoms with E-state index < -0.39 is 77.4 Å². The van der Waals surface area contributed by atoms with Crippen LogP contribution in [0, 0.1) is 5.92 Å². The molecule has 0 bridgehead atoms. The van der Waals surface area contributed by atoms with Crippen molar-refractivity contribution in [2.45, 2.75) is 109 Å². The van der Waals surface area contributed by atoms with Crippen molar-refractivity contribution in [3.8, 4) is 0 Å². The molecule has 3 heterocycles. The second-order valence-electron chi connectivity index (χ2n) is 19.0. The molecular weight excluding hydrogens is 919 g/mol. The van der Waals surface area contributed by atoms with Crippen LogP contribution in [0.15, 0.2) is 129 Å². The van der Waals surface area contributed by atoms with Crippen LogP contribution in [0.4, 0.5) is 4.79 Å². The van der Waals surface area contributed by atoms with Crippen molar-refractivity contribution in [2.24, 2.45) is 13.0 Å². The number of carbonyl (C=O) groups excluding carboxylic acids is 6. The van der Waals surface area contributed by atoms with Gasteiger partial charge in [0, 0.05) is 70.1 Å². The highest BCUT2D eigenvalue weighted by atomic mass is 16.6. The first kappa shape index (κ1) is 53.3. The minimum Gasteiger partial charge on any atom is -0.467 e. The number of nitrogens with one attached hydrogen (secondary N) is 5. The van der Waals surface area contributed by atoms with Gasteiger partial charge in [0.2, 0.25) is 23.6 Å². The monoisotopic (exact) mass is 984 g/mol. The maximum absolute atomic E-state index is 14.9. The van der Waals surface area contributed by atoms with Crippen LogP contribution in [0.25, 0.3) is 0 Å². The summed E-state index contributed by atoms with van der Waals surface area (Å²) in [6, 6.07) is 22.4. The van der Waals surface area contributed by atoms with Gasteiger partial charge in [0.15, 0.2) is 0 Å². The molecule has 6 aromatic rings. The third kappa shape index (κ3) is 16.2. The number of aromatic nitrogens is 6. The van der Waals surface area contributed by atoms with E-state index in [1.165, 1.54) is 7.11 Å². The molecule has 0 aliphatic carbocycles. The molecule has 0 aliphatic heterocycles. The molecule has 19 heteroatoms. The summed E-state index contributed by atoms with van der Waals surface area (Å²) in [6.07, 6.45) is 8.98. The molecule has 72 heavy (non-hydrogen) atoms. The lowest BCUT2D eigenvalue weighted by molar-refractivity contribution is -0.145. The number of amides is 5. The summed E-state index contributed by atoms with van der Waals surface area (Å²) in [5.74, 6) is -4.06. The predicted molar refractivity (Wildman–Crippen MR) is 268 cm³/mol. The van der Waals surface area contributed by atoms with Crippen LogP contribution in [-0.4, -0.2) is 107 Å². The number of hydrogen-bond acceptors (Lipinski definition) is 11. The molecule has 3 aromatic heterocycles. The second-order valence-corrected chi connectivity index (χ2v) is 19.0. The van der Waals surface area contributed by atoms with Gasteiger partial charge in [-0.1, -0.05) is 105 Å². The van der Waals surface area contributed by atoms with Gasteiger partial charge in [-0.05, 0) is 43.4 Å². The third-order valence-corrected chi connectivity index (χ3v) is 11.6. The minimum atomic E-state index is -1.35. The van der Waals surface area contributed by atoms with E-state index in [-0.39, 0.29) is 25.7 Å². The van der Waals surface area contributed by atoms with Crippen LogP contribution in [0.1, 0.15) is 68.4 Å². The molecule has 0 aliphatic rings. The summed E-state index contributed by atoms with van der Waals surface area (Å²) in [5.41, 5.74) is 3.48. The van der Waals surface area contributed by atoms with Gasteiger partial charge in [-0.2, -0.15) is 0 Å². The Morgan fingerprint density at radius 2 is 1.03 bits per heavy atom. The molecule has 6 rings (SSSR count). The van der Waals surface area contributed by atoms with E-state index in [0.717, 1.165) is 16.7 Å². The number of esters is 1. The normalized spacial score (nSPS) is 13.4. The highest BCUT2D eigenvalue weighted by Crippen LogP contribution is 2.14. The Labute approximate surface area is 419 Å².